The largest absolute Gasteiger partial charge is 0.465 e. The van der Waals surface area contributed by atoms with Gasteiger partial charge >= 0.3 is 5.97 Å². The van der Waals surface area contributed by atoms with Crippen LogP contribution in [0.4, 0.5) is 5.95 Å². The van der Waals surface area contributed by atoms with E-state index >= 15 is 0 Å². The molecule has 0 aliphatic heterocycles. The van der Waals surface area contributed by atoms with Crippen LogP contribution in [0.5, 0.6) is 0 Å². The molecule has 0 aliphatic carbocycles. The van der Waals surface area contributed by atoms with Crippen molar-refractivity contribution < 1.29 is 14.3 Å². The molecular formula is C14H19ClN4O3S. The van der Waals surface area contributed by atoms with E-state index in [1.807, 2.05) is 6.26 Å². The lowest BCUT2D eigenvalue weighted by molar-refractivity contribution is -0.117. The number of aromatic amines is 1. The highest BCUT2D eigenvalue weighted by atomic mass is 35.5. The number of aromatic nitrogens is 2. The molecule has 1 amide bonds. The molecular weight excluding hydrogens is 340 g/mol. The zero-order chi connectivity index (χ0) is 16.1. The summed E-state index contributed by atoms with van der Waals surface area (Å²) in [4.78, 5) is 30.9. The number of imidazole rings is 1. The van der Waals surface area contributed by atoms with Crippen LogP contribution in [0.3, 0.4) is 0 Å². The third-order valence-electron chi connectivity index (χ3n) is 3.13. The van der Waals surface area contributed by atoms with E-state index in [-0.39, 0.29) is 24.3 Å². The number of ether oxygens (including phenoxy) is 1. The lowest BCUT2D eigenvalue weighted by Gasteiger charge is -2.09. The Balaban J connectivity index is 0.00000264. The number of anilines is 1. The average Bonchev–Trinajstić information content (AvgIpc) is 2.93. The Labute approximate surface area is 144 Å². The molecule has 23 heavy (non-hydrogen) atoms. The van der Waals surface area contributed by atoms with Crippen LogP contribution in [0.1, 0.15) is 16.8 Å². The fourth-order valence-corrected chi connectivity index (χ4v) is 2.44. The third-order valence-corrected chi connectivity index (χ3v) is 3.77. The first kappa shape index (κ1) is 19.3. The first-order valence-corrected chi connectivity index (χ1v) is 8.08. The zero-order valence-electron chi connectivity index (χ0n) is 12.8. The number of thioether (sulfide) groups is 1. The summed E-state index contributed by atoms with van der Waals surface area (Å²) >= 11 is 1.63. The summed E-state index contributed by atoms with van der Waals surface area (Å²) in [7, 11) is 1.31. The van der Waals surface area contributed by atoms with Crippen molar-refractivity contribution in [3.8, 4) is 0 Å². The second-order valence-corrected chi connectivity index (χ2v) is 5.64. The minimum Gasteiger partial charge on any atom is -0.465 e. The number of fused-ring (bicyclic) bond motifs is 1. The molecule has 126 valence electrons. The molecule has 0 spiro atoms. The molecule has 4 N–H and O–H groups in total. The second kappa shape index (κ2) is 8.76. The Morgan fingerprint density at radius 2 is 2.22 bits per heavy atom. The predicted molar refractivity (Wildman–Crippen MR) is 94.3 cm³/mol. The van der Waals surface area contributed by atoms with Gasteiger partial charge in [0.1, 0.15) is 5.52 Å². The Morgan fingerprint density at radius 1 is 1.48 bits per heavy atom. The van der Waals surface area contributed by atoms with Crippen molar-refractivity contribution in [3.05, 3.63) is 23.8 Å². The Morgan fingerprint density at radius 3 is 2.87 bits per heavy atom. The highest BCUT2D eigenvalue weighted by Gasteiger charge is 2.17. The van der Waals surface area contributed by atoms with Crippen molar-refractivity contribution in [1.82, 2.24) is 9.97 Å². The summed E-state index contributed by atoms with van der Waals surface area (Å²) in [6.45, 7) is 0. The SMILES string of the molecule is COC(=O)c1cccc2[nH]c(NC(=O)C(N)CCSC)nc12.Cl. The molecule has 0 radical (unpaired) electrons. The van der Waals surface area contributed by atoms with Gasteiger partial charge in [0.2, 0.25) is 11.9 Å². The second-order valence-electron chi connectivity index (χ2n) is 4.66. The number of halogens is 1. The number of H-pyrrole nitrogens is 1. The number of para-hydroxylation sites is 1. The number of benzene rings is 1. The topological polar surface area (TPSA) is 110 Å². The van der Waals surface area contributed by atoms with Gasteiger partial charge in [0.15, 0.2) is 0 Å². The summed E-state index contributed by atoms with van der Waals surface area (Å²) in [6.07, 6.45) is 2.54. The molecule has 0 fully saturated rings. The molecule has 2 aromatic rings. The van der Waals surface area contributed by atoms with Crippen LogP contribution in [0.25, 0.3) is 11.0 Å². The molecule has 1 heterocycles. The van der Waals surface area contributed by atoms with Crippen molar-refractivity contribution in [2.24, 2.45) is 5.73 Å². The first-order chi connectivity index (χ1) is 10.6. The Bertz CT molecular complexity index is 692. The predicted octanol–water partition coefficient (Wildman–Crippen LogP) is 1.79. The van der Waals surface area contributed by atoms with E-state index in [0.29, 0.717) is 23.0 Å². The molecule has 1 aromatic carbocycles. The monoisotopic (exact) mass is 358 g/mol. The number of rotatable bonds is 6. The van der Waals surface area contributed by atoms with E-state index in [0.717, 1.165) is 5.75 Å². The van der Waals surface area contributed by atoms with Gasteiger partial charge in [0, 0.05) is 0 Å². The van der Waals surface area contributed by atoms with Gasteiger partial charge in [0.05, 0.1) is 24.2 Å². The fraction of sp³-hybridized carbons (Fsp3) is 0.357. The molecule has 7 nitrogen and oxygen atoms in total. The molecule has 1 atom stereocenters. The zero-order valence-corrected chi connectivity index (χ0v) is 14.4. The Kier molecular flexibility index (Phi) is 7.34. The maximum Gasteiger partial charge on any atom is 0.340 e. The summed E-state index contributed by atoms with van der Waals surface area (Å²) in [6, 6.07) is 4.49. The minimum atomic E-state index is -0.597. The van der Waals surface area contributed by atoms with E-state index in [1.54, 1.807) is 30.0 Å². The number of methoxy groups -OCH3 is 1. The quantitative estimate of drug-likeness (QED) is 0.679. The number of carbonyl (C=O) groups is 2. The van der Waals surface area contributed by atoms with E-state index < -0.39 is 12.0 Å². The number of nitrogens with one attached hydrogen (secondary N) is 2. The van der Waals surface area contributed by atoms with E-state index in [1.165, 1.54) is 7.11 Å². The number of hydrogen-bond acceptors (Lipinski definition) is 6. The normalized spacial score (nSPS) is 11.6. The summed E-state index contributed by atoms with van der Waals surface area (Å²) < 4.78 is 4.71. The molecule has 1 aromatic heterocycles. The van der Waals surface area contributed by atoms with Gasteiger partial charge in [-0.05, 0) is 30.6 Å². The van der Waals surface area contributed by atoms with Gasteiger partial charge in [-0.1, -0.05) is 6.07 Å². The number of carbonyl (C=O) groups excluding carboxylic acids is 2. The number of amides is 1. The van der Waals surface area contributed by atoms with Crippen LogP contribution in [0.15, 0.2) is 18.2 Å². The van der Waals surface area contributed by atoms with Gasteiger partial charge in [-0.2, -0.15) is 11.8 Å². The molecule has 0 saturated heterocycles. The number of nitrogens with zero attached hydrogens (tertiary/aromatic N) is 1. The molecule has 0 bridgehead atoms. The maximum atomic E-state index is 12.0. The van der Waals surface area contributed by atoms with Crippen molar-refractivity contribution >= 4 is 53.0 Å². The highest BCUT2D eigenvalue weighted by molar-refractivity contribution is 7.98. The number of hydrogen-bond donors (Lipinski definition) is 3. The molecule has 0 saturated carbocycles. The van der Waals surface area contributed by atoms with Gasteiger partial charge in [-0.15, -0.1) is 12.4 Å². The Hall–Kier alpha value is -1.77. The van der Waals surface area contributed by atoms with Crippen LogP contribution >= 0.6 is 24.2 Å². The average molecular weight is 359 g/mol. The highest BCUT2D eigenvalue weighted by Crippen LogP contribution is 2.19. The van der Waals surface area contributed by atoms with Crippen LogP contribution in [-0.2, 0) is 9.53 Å². The van der Waals surface area contributed by atoms with Crippen molar-refractivity contribution in [1.29, 1.82) is 0 Å². The standard InChI is InChI=1S/C14H18N4O3S.ClH/c1-21-13(20)8-4-3-5-10-11(8)17-14(16-10)18-12(19)9(15)6-7-22-2;/h3-5,9H,6-7,15H2,1-2H3,(H2,16,17,18,19);1H. The lowest BCUT2D eigenvalue weighted by Crippen LogP contribution is -2.36. The van der Waals surface area contributed by atoms with Crippen molar-refractivity contribution in [2.75, 3.05) is 24.4 Å². The first-order valence-electron chi connectivity index (χ1n) is 6.69. The lowest BCUT2D eigenvalue weighted by atomic mass is 10.2. The van der Waals surface area contributed by atoms with Crippen LogP contribution in [-0.4, -0.2) is 47.0 Å². The van der Waals surface area contributed by atoms with Gasteiger partial charge < -0.3 is 15.5 Å². The third kappa shape index (κ3) is 4.60. The smallest absolute Gasteiger partial charge is 0.340 e. The van der Waals surface area contributed by atoms with Crippen LogP contribution in [0.2, 0.25) is 0 Å². The minimum absolute atomic E-state index is 0. The van der Waals surface area contributed by atoms with Gasteiger partial charge in [-0.25, -0.2) is 9.78 Å². The van der Waals surface area contributed by atoms with E-state index in [4.69, 9.17) is 10.5 Å². The molecule has 0 aliphatic rings. The number of esters is 1. The summed E-state index contributed by atoms with van der Waals surface area (Å²) in [5.74, 6) is 0.275. The molecule has 2 rings (SSSR count). The van der Waals surface area contributed by atoms with Crippen LogP contribution in [0, 0.1) is 0 Å². The van der Waals surface area contributed by atoms with Gasteiger partial charge in [0.25, 0.3) is 0 Å². The summed E-state index contributed by atoms with van der Waals surface area (Å²) in [5.41, 5.74) is 7.22. The molecule has 9 heteroatoms. The van der Waals surface area contributed by atoms with Gasteiger partial charge in [-0.3, -0.25) is 10.1 Å². The van der Waals surface area contributed by atoms with Crippen LogP contribution < -0.4 is 11.1 Å². The maximum absolute atomic E-state index is 12.0. The van der Waals surface area contributed by atoms with Crippen molar-refractivity contribution in [3.63, 3.8) is 0 Å². The van der Waals surface area contributed by atoms with E-state index in [2.05, 4.69) is 15.3 Å². The molecule has 1 unspecified atom stereocenters. The summed E-state index contributed by atoms with van der Waals surface area (Å²) in [5, 5.41) is 2.63. The number of nitrogens with two attached hydrogens (primary N) is 1. The van der Waals surface area contributed by atoms with E-state index in [9.17, 15) is 9.59 Å². The van der Waals surface area contributed by atoms with Crippen molar-refractivity contribution in [2.45, 2.75) is 12.5 Å². The fourth-order valence-electron chi connectivity index (χ4n) is 1.95.